The van der Waals surface area contributed by atoms with Crippen molar-refractivity contribution < 1.29 is 0 Å². The molecule has 0 aromatic carbocycles. The number of fused-ring (bicyclic) bond motifs is 1. The highest BCUT2D eigenvalue weighted by Crippen LogP contribution is 2.39. The molecule has 2 heterocycles. The number of nitrogens with one attached hydrogen (secondary N) is 1. The molecule has 0 radical (unpaired) electrons. The van der Waals surface area contributed by atoms with Gasteiger partial charge in [0.2, 0.25) is 0 Å². The monoisotopic (exact) mass is 287 g/mol. The molecule has 0 aliphatic heterocycles. The molecule has 0 saturated heterocycles. The summed E-state index contributed by atoms with van der Waals surface area (Å²) < 4.78 is 1.20. The number of H-pyrrole nitrogens is 1. The zero-order chi connectivity index (χ0) is 14.1. The number of nitrogens with zero attached hydrogens (tertiary/aromatic N) is 3. The molecular weight excluding hydrogens is 274 g/mol. The largest absolute Gasteiger partial charge is 0.384 e. The number of thiophene rings is 1. The van der Waals surface area contributed by atoms with Crippen molar-refractivity contribution in [2.24, 2.45) is 4.99 Å². The Kier molecular flexibility index (Phi) is 3.16. The molecule has 0 bridgehead atoms. The van der Waals surface area contributed by atoms with Gasteiger partial charge in [-0.25, -0.2) is 9.67 Å². The fraction of sp³-hybridized carbons (Fsp3) is 0.308. The summed E-state index contributed by atoms with van der Waals surface area (Å²) in [6.07, 6.45) is 5.61. The van der Waals surface area contributed by atoms with Gasteiger partial charge in [-0.1, -0.05) is 0 Å². The first-order chi connectivity index (χ1) is 9.69. The number of aryl methyl sites for hydroxylation is 1. The number of aromatic amines is 1. The molecule has 0 unspecified atom stereocenters. The van der Waals surface area contributed by atoms with Crippen LogP contribution in [0, 0.1) is 11.3 Å². The maximum Gasteiger partial charge on any atom is 0.274 e. The highest BCUT2D eigenvalue weighted by molar-refractivity contribution is 7.16. The fourth-order valence-corrected chi connectivity index (χ4v) is 3.56. The predicted octanol–water partition coefficient (Wildman–Crippen LogP) is 1.78. The topological polar surface area (TPSA) is 100.0 Å². The van der Waals surface area contributed by atoms with Crippen molar-refractivity contribution >= 4 is 28.5 Å². The summed E-state index contributed by atoms with van der Waals surface area (Å²) in [7, 11) is 0. The van der Waals surface area contributed by atoms with Gasteiger partial charge >= 0.3 is 0 Å². The summed E-state index contributed by atoms with van der Waals surface area (Å²) >= 11 is 1.54. The molecule has 1 aliphatic rings. The lowest BCUT2D eigenvalue weighted by Gasteiger charge is -2.09. The minimum atomic E-state index is -0.272. The van der Waals surface area contributed by atoms with Gasteiger partial charge in [-0.3, -0.25) is 9.89 Å². The molecule has 3 N–H and O–H groups in total. The summed E-state index contributed by atoms with van der Waals surface area (Å²) in [5.41, 5.74) is 7.00. The Morgan fingerprint density at radius 1 is 1.50 bits per heavy atom. The summed E-state index contributed by atoms with van der Waals surface area (Å²) in [5, 5.41) is 12.6. The number of hydrogen-bond acceptors (Lipinski definition) is 5. The van der Waals surface area contributed by atoms with Gasteiger partial charge in [0.1, 0.15) is 23.2 Å². The maximum absolute atomic E-state index is 11.5. The number of nitrogen functional groups attached to an aromatic ring is 1. The van der Waals surface area contributed by atoms with Crippen LogP contribution in [-0.2, 0) is 12.8 Å². The molecule has 2 aromatic heterocycles. The van der Waals surface area contributed by atoms with Crippen molar-refractivity contribution in [3.63, 3.8) is 0 Å². The highest BCUT2D eigenvalue weighted by Gasteiger charge is 2.20. The predicted molar refractivity (Wildman–Crippen MR) is 78.7 cm³/mol. The van der Waals surface area contributed by atoms with Crippen LogP contribution >= 0.6 is 11.3 Å². The minimum Gasteiger partial charge on any atom is -0.384 e. The molecule has 102 valence electrons. The average Bonchev–Trinajstić information content (AvgIpc) is 2.95. The van der Waals surface area contributed by atoms with E-state index in [4.69, 9.17) is 5.73 Å². The maximum atomic E-state index is 11.5. The number of anilines is 1. The molecule has 0 fully saturated rings. The second kappa shape index (κ2) is 4.98. The SMILES string of the molecule is N#Cc1c(/N=C/n2[nH]c(N)cc2=O)sc2c1CCCC2. The Morgan fingerprint density at radius 3 is 3.00 bits per heavy atom. The zero-order valence-corrected chi connectivity index (χ0v) is 11.5. The van der Waals surface area contributed by atoms with Crippen molar-refractivity contribution in [2.75, 3.05) is 5.73 Å². The Bertz CT molecular complexity index is 774. The van der Waals surface area contributed by atoms with Crippen LogP contribution in [0.3, 0.4) is 0 Å². The van der Waals surface area contributed by atoms with Gasteiger partial charge in [0, 0.05) is 10.9 Å². The van der Waals surface area contributed by atoms with E-state index < -0.39 is 0 Å². The van der Waals surface area contributed by atoms with Gasteiger partial charge in [-0.2, -0.15) is 5.26 Å². The van der Waals surface area contributed by atoms with Crippen LogP contribution in [0.15, 0.2) is 15.9 Å². The van der Waals surface area contributed by atoms with E-state index in [1.165, 1.54) is 33.3 Å². The number of aromatic nitrogens is 2. The molecule has 0 saturated carbocycles. The van der Waals surface area contributed by atoms with Gasteiger partial charge < -0.3 is 5.73 Å². The van der Waals surface area contributed by atoms with Crippen LogP contribution in [-0.4, -0.2) is 16.1 Å². The molecule has 1 aliphatic carbocycles. The number of hydrogen-bond donors (Lipinski definition) is 2. The summed E-state index contributed by atoms with van der Waals surface area (Å²) in [6, 6.07) is 3.52. The summed E-state index contributed by atoms with van der Waals surface area (Å²) in [4.78, 5) is 17.0. The highest BCUT2D eigenvalue weighted by atomic mass is 32.1. The van der Waals surface area contributed by atoms with E-state index in [0.29, 0.717) is 10.6 Å². The number of nitrogens with two attached hydrogens (primary N) is 1. The molecule has 0 atom stereocenters. The van der Waals surface area contributed by atoms with Crippen molar-refractivity contribution in [1.29, 1.82) is 5.26 Å². The summed E-state index contributed by atoms with van der Waals surface area (Å²) in [5.74, 6) is 0.285. The third-order valence-corrected chi connectivity index (χ3v) is 4.52. The molecule has 0 spiro atoms. The van der Waals surface area contributed by atoms with E-state index in [1.54, 1.807) is 0 Å². The molecular formula is C13H13N5OS. The lowest BCUT2D eigenvalue weighted by molar-refractivity contribution is 0.696. The van der Waals surface area contributed by atoms with Crippen LogP contribution in [0.5, 0.6) is 0 Å². The van der Waals surface area contributed by atoms with Crippen LogP contribution in [0.25, 0.3) is 0 Å². The number of nitriles is 1. The van der Waals surface area contributed by atoms with Crippen molar-refractivity contribution in [2.45, 2.75) is 25.7 Å². The van der Waals surface area contributed by atoms with Crippen molar-refractivity contribution in [3.8, 4) is 6.07 Å². The molecule has 0 amide bonds. The molecule has 2 aromatic rings. The molecule has 7 heteroatoms. The molecule has 6 nitrogen and oxygen atoms in total. The quantitative estimate of drug-likeness (QED) is 0.650. The minimum absolute atomic E-state index is 0.272. The van der Waals surface area contributed by atoms with Crippen LogP contribution in [0.1, 0.15) is 28.8 Å². The first-order valence-corrected chi connectivity index (χ1v) is 7.16. The van der Waals surface area contributed by atoms with Gasteiger partial charge in [0.05, 0.1) is 5.56 Å². The van der Waals surface area contributed by atoms with Gasteiger partial charge in [-0.15, -0.1) is 11.3 Å². The van der Waals surface area contributed by atoms with E-state index in [0.717, 1.165) is 31.2 Å². The Morgan fingerprint density at radius 2 is 2.30 bits per heavy atom. The van der Waals surface area contributed by atoms with E-state index >= 15 is 0 Å². The first-order valence-electron chi connectivity index (χ1n) is 6.35. The average molecular weight is 287 g/mol. The zero-order valence-electron chi connectivity index (χ0n) is 10.7. The Labute approximate surface area is 119 Å². The number of rotatable bonds is 2. The van der Waals surface area contributed by atoms with Crippen LogP contribution < -0.4 is 11.3 Å². The molecule has 20 heavy (non-hydrogen) atoms. The molecule has 3 rings (SSSR count). The smallest absolute Gasteiger partial charge is 0.274 e. The van der Waals surface area contributed by atoms with Crippen molar-refractivity contribution in [1.82, 2.24) is 9.78 Å². The summed E-state index contributed by atoms with van der Waals surface area (Å²) in [6.45, 7) is 0. The third kappa shape index (κ3) is 2.14. The third-order valence-electron chi connectivity index (χ3n) is 3.32. The van der Waals surface area contributed by atoms with E-state index in [-0.39, 0.29) is 11.4 Å². The second-order valence-corrected chi connectivity index (χ2v) is 5.75. The van der Waals surface area contributed by atoms with Crippen molar-refractivity contribution in [3.05, 3.63) is 32.4 Å². The van der Waals surface area contributed by atoms with Gasteiger partial charge in [-0.05, 0) is 31.2 Å². The van der Waals surface area contributed by atoms with E-state index in [1.807, 2.05) is 0 Å². The van der Waals surface area contributed by atoms with Gasteiger partial charge in [0.25, 0.3) is 5.56 Å². The first kappa shape index (κ1) is 12.7. The number of aliphatic imine (C=N–C) groups is 1. The Hall–Kier alpha value is -2.33. The van der Waals surface area contributed by atoms with Crippen LogP contribution in [0.2, 0.25) is 0 Å². The fourth-order valence-electron chi connectivity index (χ4n) is 2.38. The lowest BCUT2D eigenvalue weighted by atomic mass is 9.96. The Balaban J connectivity index is 1.99. The standard InChI is InChI=1S/C13H13N5OS/c14-6-9-8-3-1-2-4-10(8)20-13(9)16-7-18-12(19)5-11(15)17-18/h5,7,17H,1-4,15H2/b16-7+. The van der Waals surface area contributed by atoms with E-state index in [2.05, 4.69) is 16.2 Å². The van der Waals surface area contributed by atoms with Gasteiger partial charge in [0.15, 0.2) is 0 Å². The second-order valence-electron chi connectivity index (χ2n) is 4.67. The normalized spacial score (nSPS) is 14.3. The van der Waals surface area contributed by atoms with E-state index in [9.17, 15) is 10.1 Å². The van der Waals surface area contributed by atoms with Crippen LogP contribution in [0.4, 0.5) is 10.8 Å². The lowest BCUT2D eigenvalue weighted by Crippen LogP contribution is -2.14.